The zero-order valence-electron chi connectivity index (χ0n) is 13.5. The van der Waals surface area contributed by atoms with Gasteiger partial charge in [0.05, 0.1) is 16.4 Å². The van der Waals surface area contributed by atoms with E-state index in [1.54, 1.807) is 0 Å². The maximum atomic E-state index is 6.21. The zero-order valence-corrected chi connectivity index (χ0v) is 14.3. The van der Waals surface area contributed by atoms with Gasteiger partial charge >= 0.3 is 0 Å². The molecule has 4 heteroatoms. The summed E-state index contributed by atoms with van der Waals surface area (Å²) in [4.78, 5) is 0. The topological polar surface area (TPSA) is 33.6 Å². The number of rotatable bonds is 3. The number of fused-ring (bicyclic) bond motifs is 1. The first-order chi connectivity index (χ1) is 12.3. The summed E-state index contributed by atoms with van der Waals surface area (Å²) in [5.41, 5.74) is 6.99. The van der Waals surface area contributed by atoms with E-state index in [4.69, 9.17) is 16.3 Å². The highest BCUT2D eigenvalue weighted by atomic mass is 35.5. The number of hydrazone groups is 1. The Morgan fingerprint density at radius 1 is 0.880 bits per heavy atom. The zero-order chi connectivity index (χ0) is 17.1. The summed E-state index contributed by atoms with van der Waals surface area (Å²) in [6, 6.07) is 25.8. The molecule has 124 valence electrons. The normalized spacial score (nSPS) is 17.6. The lowest BCUT2D eigenvalue weighted by molar-refractivity contribution is 0.206. The van der Waals surface area contributed by atoms with E-state index in [9.17, 15) is 0 Å². The van der Waals surface area contributed by atoms with Crippen LogP contribution in [0.2, 0.25) is 5.02 Å². The summed E-state index contributed by atoms with van der Waals surface area (Å²) >= 11 is 6.21. The number of nitrogens with zero attached hydrogens (tertiary/aromatic N) is 1. The number of anilines is 1. The van der Waals surface area contributed by atoms with Crippen molar-refractivity contribution in [3.63, 3.8) is 0 Å². The Hall–Kier alpha value is -2.78. The van der Waals surface area contributed by atoms with Crippen molar-refractivity contribution >= 4 is 23.0 Å². The summed E-state index contributed by atoms with van der Waals surface area (Å²) in [6.45, 7) is 0. The number of nitrogens with one attached hydrogen (secondary N) is 1. The first kappa shape index (κ1) is 15.7. The number of halogens is 1. The van der Waals surface area contributed by atoms with Gasteiger partial charge in [0.25, 0.3) is 0 Å². The number of hydrogen-bond acceptors (Lipinski definition) is 3. The number of ether oxygens (including phenoxy) is 1. The van der Waals surface area contributed by atoms with Crippen LogP contribution in [0.25, 0.3) is 0 Å². The van der Waals surface area contributed by atoms with Gasteiger partial charge in [-0.2, -0.15) is 5.10 Å². The maximum absolute atomic E-state index is 6.21. The fourth-order valence-corrected chi connectivity index (χ4v) is 3.11. The molecule has 0 radical (unpaired) electrons. The Balaban J connectivity index is 1.68. The second-order valence-corrected chi connectivity index (χ2v) is 6.27. The van der Waals surface area contributed by atoms with Crippen LogP contribution in [0.15, 0.2) is 84.0 Å². The smallest absolute Gasteiger partial charge is 0.129 e. The molecule has 0 unspecified atom stereocenters. The molecular formula is C21H17ClN2O. The third kappa shape index (κ3) is 3.37. The van der Waals surface area contributed by atoms with Gasteiger partial charge in [-0.3, -0.25) is 5.43 Å². The van der Waals surface area contributed by atoms with E-state index in [1.165, 1.54) is 0 Å². The molecule has 4 rings (SSSR count). The Kier molecular flexibility index (Phi) is 4.40. The average Bonchev–Trinajstić information content (AvgIpc) is 2.67. The van der Waals surface area contributed by atoms with E-state index in [0.717, 1.165) is 28.3 Å². The summed E-state index contributed by atoms with van der Waals surface area (Å²) in [5.74, 6) is 0.849. The van der Waals surface area contributed by atoms with E-state index in [-0.39, 0.29) is 6.10 Å². The van der Waals surface area contributed by atoms with Gasteiger partial charge in [0.1, 0.15) is 11.9 Å². The Labute approximate surface area is 151 Å². The fraction of sp³-hybridized carbons (Fsp3) is 0.0952. The van der Waals surface area contributed by atoms with E-state index >= 15 is 0 Å². The van der Waals surface area contributed by atoms with Crippen molar-refractivity contribution in [1.82, 2.24) is 0 Å². The van der Waals surface area contributed by atoms with Gasteiger partial charge in [-0.1, -0.05) is 66.2 Å². The molecule has 0 spiro atoms. The first-order valence-corrected chi connectivity index (χ1v) is 8.57. The highest BCUT2D eigenvalue weighted by molar-refractivity contribution is 6.33. The third-order valence-corrected chi connectivity index (χ3v) is 4.53. The number of benzene rings is 3. The van der Waals surface area contributed by atoms with Crippen molar-refractivity contribution in [2.45, 2.75) is 12.5 Å². The second kappa shape index (κ2) is 6.99. The molecule has 0 saturated heterocycles. The molecule has 3 nitrogen and oxygen atoms in total. The maximum Gasteiger partial charge on any atom is 0.129 e. The lowest BCUT2D eigenvalue weighted by Gasteiger charge is -2.27. The molecule has 0 fully saturated rings. The monoisotopic (exact) mass is 348 g/mol. The molecule has 1 aliphatic heterocycles. The van der Waals surface area contributed by atoms with Crippen molar-refractivity contribution in [3.8, 4) is 5.75 Å². The predicted molar refractivity (Wildman–Crippen MR) is 102 cm³/mol. The van der Waals surface area contributed by atoms with Crippen LogP contribution in [0.4, 0.5) is 5.69 Å². The standard InChI is InChI=1S/C21H17ClN2O/c22-17-11-5-6-12-18(17)23-24-19-14-21(15-8-2-1-3-9-15)25-20-13-7-4-10-16(19)20/h1-13,21,23H,14H2/t21-/m1/s1. The first-order valence-electron chi connectivity index (χ1n) is 8.19. The minimum Gasteiger partial charge on any atom is -0.485 e. The third-order valence-electron chi connectivity index (χ3n) is 4.20. The summed E-state index contributed by atoms with van der Waals surface area (Å²) < 4.78 is 6.19. The number of para-hydroxylation sites is 2. The van der Waals surface area contributed by atoms with Crippen LogP contribution in [-0.4, -0.2) is 5.71 Å². The van der Waals surface area contributed by atoms with Crippen molar-refractivity contribution in [2.24, 2.45) is 5.10 Å². The Bertz CT molecular complexity index is 909. The van der Waals surface area contributed by atoms with Crippen molar-refractivity contribution in [1.29, 1.82) is 0 Å². The molecule has 0 bridgehead atoms. The largest absolute Gasteiger partial charge is 0.485 e. The van der Waals surface area contributed by atoms with E-state index < -0.39 is 0 Å². The minimum absolute atomic E-state index is 0.0529. The van der Waals surface area contributed by atoms with Crippen LogP contribution in [-0.2, 0) is 0 Å². The fourth-order valence-electron chi connectivity index (χ4n) is 2.93. The van der Waals surface area contributed by atoms with E-state index in [2.05, 4.69) is 22.7 Å². The summed E-state index contributed by atoms with van der Waals surface area (Å²) in [7, 11) is 0. The molecule has 0 saturated carbocycles. The molecule has 1 N–H and O–H groups in total. The van der Waals surface area contributed by atoms with Crippen molar-refractivity contribution in [2.75, 3.05) is 5.43 Å². The Morgan fingerprint density at radius 2 is 1.60 bits per heavy atom. The lowest BCUT2D eigenvalue weighted by atomic mass is 9.96. The molecular weight excluding hydrogens is 332 g/mol. The molecule has 3 aromatic rings. The molecule has 1 heterocycles. The van der Waals surface area contributed by atoms with Gasteiger partial charge in [-0.05, 0) is 29.8 Å². The molecule has 1 aliphatic rings. The average molecular weight is 349 g/mol. The van der Waals surface area contributed by atoms with Gasteiger partial charge < -0.3 is 4.74 Å². The van der Waals surface area contributed by atoms with Crippen LogP contribution >= 0.6 is 11.6 Å². The van der Waals surface area contributed by atoms with Crippen LogP contribution in [0.5, 0.6) is 5.75 Å². The van der Waals surface area contributed by atoms with E-state index in [1.807, 2.05) is 66.7 Å². The van der Waals surface area contributed by atoms with Crippen LogP contribution in [0.1, 0.15) is 23.7 Å². The van der Waals surface area contributed by atoms with Crippen LogP contribution < -0.4 is 10.2 Å². The molecule has 25 heavy (non-hydrogen) atoms. The van der Waals surface area contributed by atoms with Crippen molar-refractivity contribution in [3.05, 3.63) is 95.0 Å². The SMILES string of the molecule is Clc1ccccc1NN=C1C[C@H](c2ccccc2)Oc2ccccc21. The Morgan fingerprint density at radius 3 is 2.44 bits per heavy atom. The van der Waals surface area contributed by atoms with Gasteiger partial charge in [-0.25, -0.2) is 0 Å². The molecule has 1 atom stereocenters. The molecule has 0 aliphatic carbocycles. The van der Waals surface area contributed by atoms with Crippen molar-refractivity contribution < 1.29 is 4.74 Å². The van der Waals surface area contributed by atoms with Crippen LogP contribution in [0, 0.1) is 0 Å². The van der Waals surface area contributed by atoms with Gasteiger partial charge in [0, 0.05) is 12.0 Å². The predicted octanol–water partition coefficient (Wildman–Crippen LogP) is 5.68. The summed E-state index contributed by atoms with van der Waals surface area (Å²) in [5, 5.41) is 5.28. The quantitative estimate of drug-likeness (QED) is 0.618. The van der Waals surface area contributed by atoms with Gasteiger partial charge in [-0.15, -0.1) is 0 Å². The molecule has 0 aromatic heterocycles. The van der Waals surface area contributed by atoms with Crippen LogP contribution in [0.3, 0.4) is 0 Å². The molecule has 0 amide bonds. The van der Waals surface area contributed by atoms with E-state index in [0.29, 0.717) is 11.4 Å². The lowest BCUT2D eigenvalue weighted by Crippen LogP contribution is -2.21. The second-order valence-electron chi connectivity index (χ2n) is 5.87. The molecule has 3 aromatic carbocycles. The summed E-state index contributed by atoms with van der Waals surface area (Å²) in [6.07, 6.45) is 0.640. The highest BCUT2D eigenvalue weighted by Gasteiger charge is 2.26. The number of hydrogen-bond donors (Lipinski definition) is 1. The van der Waals surface area contributed by atoms with Gasteiger partial charge in [0.15, 0.2) is 0 Å². The van der Waals surface area contributed by atoms with Gasteiger partial charge in [0.2, 0.25) is 0 Å². The minimum atomic E-state index is -0.0529. The highest BCUT2D eigenvalue weighted by Crippen LogP contribution is 2.35.